The number of hydrogen-bond acceptors (Lipinski definition) is 7. The van der Waals surface area contributed by atoms with Crippen LogP contribution in [0.15, 0.2) is 123 Å². The van der Waals surface area contributed by atoms with Crippen molar-refractivity contribution in [3.63, 3.8) is 0 Å². The van der Waals surface area contributed by atoms with Gasteiger partial charge in [-0.15, -0.1) is 0 Å². The number of carbonyl (C=O) groups is 1. The van der Waals surface area contributed by atoms with Crippen molar-refractivity contribution in [1.82, 2.24) is 0 Å². The molecule has 2 heterocycles. The van der Waals surface area contributed by atoms with Gasteiger partial charge < -0.3 is 4.90 Å². The highest BCUT2D eigenvalue weighted by atomic mass is 32.2. The van der Waals surface area contributed by atoms with Gasteiger partial charge in [0.15, 0.2) is 5.17 Å². The summed E-state index contributed by atoms with van der Waals surface area (Å²) in [6, 6.07) is 28.4. The minimum Gasteiger partial charge on any atom is -0.338 e. The largest absolute Gasteiger partial charge is 0.338 e. The lowest BCUT2D eigenvalue weighted by Gasteiger charge is -2.15. The lowest BCUT2D eigenvalue weighted by Crippen LogP contribution is -2.28. The van der Waals surface area contributed by atoms with Crippen LogP contribution < -0.4 is 9.80 Å². The molecule has 9 heteroatoms. The molecule has 0 N–H and O–H groups in total. The maximum atomic E-state index is 13.6. The molecule has 1 fully saturated rings. The predicted octanol–water partition coefficient (Wildman–Crippen LogP) is 7.48. The molecule has 0 aliphatic carbocycles. The van der Waals surface area contributed by atoms with Crippen molar-refractivity contribution in [2.24, 2.45) is 4.99 Å². The molecule has 0 spiro atoms. The number of amides is 1. The van der Waals surface area contributed by atoms with E-state index in [2.05, 4.69) is 6.07 Å². The number of nitrogens with zero attached hydrogens (tertiary/aromatic N) is 4. The Morgan fingerprint density at radius 2 is 1.63 bits per heavy atom. The van der Waals surface area contributed by atoms with Gasteiger partial charge in [-0.3, -0.25) is 19.8 Å². The molecular weight excluding hydrogens is 516 g/mol. The normalized spacial score (nSPS) is 18.2. The zero-order chi connectivity index (χ0) is 26.2. The van der Waals surface area contributed by atoms with Crippen LogP contribution in [-0.4, -0.2) is 23.0 Å². The molecule has 0 bridgehead atoms. The van der Waals surface area contributed by atoms with Gasteiger partial charge in [-0.2, -0.15) is 0 Å². The molecule has 0 atom stereocenters. The number of anilines is 2. The average Bonchev–Trinajstić information content (AvgIpc) is 3.42. The van der Waals surface area contributed by atoms with Gasteiger partial charge in [0.05, 0.1) is 31.9 Å². The summed E-state index contributed by atoms with van der Waals surface area (Å²) >= 11 is 2.83. The van der Waals surface area contributed by atoms with Crippen LogP contribution >= 0.6 is 23.5 Å². The van der Waals surface area contributed by atoms with Crippen LogP contribution in [0.1, 0.15) is 0 Å². The van der Waals surface area contributed by atoms with Gasteiger partial charge in [0, 0.05) is 24.1 Å². The van der Waals surface area contributed by atoms with Gasteiger partial charge in [-0.25, -0.2) is 4.99 Å². The van der Waals surface area contributed by atoms with Crippen LogP contribution in [-0.2, 0) is 4.79 Å². The first-order valence-corrected chi connectivity index (χ1v) is 13.4. The molecule has 4 aromatic rings. The summed E-state index contributed by atoms with van der Waals surface area (Å²) in [4.78, 5) is 34.2. The first-order chi connectivity index (χ1) is 18.5. The molecule has 4 aromatic carbocycles. The Kier molecular flexibility index (Phi) is 6.22. The maximum Gasteiger partial charge on any atom is 0.271 e. The van der Waals surface area contributed by atoms with Gasteiger partial charge in [0.2, 0.25) is 0 Å². The Balaban J connectivity index is 1.35. The van der Waals surface area contributed by atoms with Crippen molar-refractivity contribution >= 4 is 68.1 Å². The number of carbonyl (C=O) groups excluding carboxylic acids is 1. The fourth-order valence-electron chi connectivity index (χ4n) is 4.28. The Hall–Kier alpha value is -4.34. The average molecular weight is 537 g/mol. The van der Waals surface area contributed by atoms with Crippen molar-refractivity contribution in [2.45, 2.75) is 4.90 Å². The molecule has 0 radical (unpaired) electrons. The summed E-state index contributed by atoms with van der Waals surface area (Å²) in [6.07, 6.45) is 3.67. The number of para-hydroxylation sites is 1. The standard InChI is InChI=1S/C29H20N4O3S2/c1-31-24-18-23(33(35)36)13-14-25(24)37-27(31)16-15-26-28(34)32(22-9-3-2-4-10-22)29(38-26)30-21-12-11-19-7-5-6-8-20(19)17-21/h2-18H,1H3/b26-15-,27-16+,30-29?. The van der Waals surface area contributed by atoms with E-state index in [-0.39, 0.29) is 11.6 Å². The molecule has 1 amide bonds. The topological polar surface area (TPSA) is 79.0 Å². The van der Waals surface area contributed by atoms with E-state index in [0.717, 1.165) is 37.8 Å². The lowest BCUT2D eigenvalue weighted by atomic mass is 10.1. The number of allylic oxidation sites excluding steroid dienone is 2. The van der Waals surface area contributed by atoms with Gasteiger partial charge in [-0.05, 0) is 65.0 Å². The van der Waals surface area contributed by atoms with Gasteiger partial charge >= 0.3 is 0 Å². The van der Waals surface area contributed by atoms with Crippen LogP contribution in [0.5, 0.6) is 0 Å². The molecule has 0 aromatic heterocycles. The first-order valence-electron chi connectivity index (χ1n) is 11.7. The smallest absolute Gasteiger partial charge is 0.271 e. The molecule has 2 aliphatic rings. The molecule has 0 saturated carbocycles. The highest BCUT2D eigenvalue weighted by Gasteiger charge is 2.34. The Labute approximate surface area is 227 Å². The van der Waals surface area contributed by atoms with Crippen molar-refractivity contribution in [3.05, 3.63) is 123 Å². The number of hydrogen-bond donors (Lipinski definition) is 0. The van der Waals surface area contributed by atoms with Crippen molar-refractivity contribution < 1.29 is 9.72 Å². The number of non-ortho nitro benzene ring substituents is 1. The maximum absolute atomic E-state index is 13.6. The highest BCUT2D eigenvalue weighted by molar-refractivity contribution is 8.19. The number of aliphatic imine (C=N–C) groups is 1. The van der Waals surface area contributed by atoms with Gasteiger partial charge in [0.25, 0.3) is 11.6 Å². The quantitative estimate of drug-likeness (QED) is 0.153. The van der Waals surface area contributed by atoms with Crippen LogP contribution in [0.4, 0.5) is 22.7 Å². The molecule has 0 unspecified atom stereocenters. The molecule has 1 saturated heterocycles. The number of fused-ring (bicyclic) bond motifs is 2. The second kappa shape index (κ2) is 9.85. The van der Waals surface area contributed by atoms with E-state index in [1.165, 1.54) is 29.6 Å². The third-order valence-electron chi connectivity index (χ3n) is 6.22. The van der Waals surface area contributed by atoms with E-state index in [1.54, 1.807) is 23.1 Å². The Morgan fingerprint density at radius 3 is 2.42 bits per heavy atom. The molecular formula is C29H20N4O3S2. The van der Waals surface area contributed by atoms with E-state index in [0.29, 0.717) is 10.1 Å². The van der Waals surface area contributed by atoms with Gasteiger partial charge in [0.1, 0.15) is 0 Å². The van der Waals surface area contributed by atoms with Gasteiger partial charge in [-0.1, -0.05) is 60.3 Å². The summed E-state index contributed by atoms with van der Waals surface area (Å²) in [5.41, 5.74) is 2.32. The SMILES string of the molecule is CN1/C(=C\C=C2/SC(=Nc3ccc4ccccc4c3)N(c3ccccc3)C2=O)Sc2ccc([N+](=O)[O-])cc21. The summed E-state index contributed by atoms with van der Waals surface area (Å²) in [5, 5.41) is 14.9. The Bertz CT molecular complexity index is 1700. The number of thioether (sulfide) groups is 2. The molecule has 2 aliphatic heterocycles. The fourth-order valence-corrected chi connectivity index (χ4v) is 6.26. The van der Waals surface area contributed by atoms with E-state index in [4.69, 9.17) is 4.99 Å². The second-order valence-corrected chi connectivity index (χ2v) is 10.7. The second-order valence-electron chi connectivity index (χ2n) is 8.61. The lowest BCUT2D eigenvalue weighted by molar-refractivity contribution is -0.384. The Morgan fingerprint density at radius 1 is 0.868 bits per heavy atom. The highest BCUT2D eigenvalue weighted by Crippen LogP contribution is 2.46. The minimum atomic E-state index is -0.398. The zero-order valence-electron chi connectivity index (χ0n) is 20.1. The van der Waals surface area contributed by atoms with E-state index < -0.39 is 4.92 Å². The summed E-state index contributed by atoms with van der Waals surface area (Å²) in [5.74, 6) is -0.156. The summed E-state index contributed by atoms with van der Waals surface area (Å²) in [6.45, 7) is 0. The summed E-state index contributed by atoms with van der Waals surface area (Å²) in [7, 11) is 1.86. The first kappa shape index (κ1) is 24.0. The number of benzene rings is 4. The van der Waals surface area contributed by atoms with E-state index in [1.807, 2.05) is 84.8 Å². The minimum absolute atomic E-state index is 0.0466. The fraction of sp³-hybridized carbons (Fsp3) is 0.0345. The molecule has 7 nitrogen and oxygen atoms in total. The third kappa shape index (κ3) is 4.46. The number of nitro benzene ring substituents is 1. The number of rotatable bonds is 4. The predicted molar refractivity (Wildman–Crippen MR) is 156 cm³/mol. The van der Waals surface area contributed by atoms with E-state index >= 15 is 0 Å². The van der Waals surface area contributed by atoms with Crippen molar-refractivity contribution in [1.29, 1.82) is 0 Å². The number of nitro groups is 1. The van der Waals surface area contributed by atoms with Crippen LogP contribution in [0.25, 0.3) is 10.8 Å². The molecule has 6 rings (SSSR count). The van der Waals surface area contributed by atoms with Crippen molar-refractivity contribution in [3.8, 4) is 0 Å². The van der Waals surface area contributed by atoms with E-state index in [9.17, 15) is 14.9 Å². The summed E-state index contributed by atoms with van der Waals surface area (Å²) < 4.78 is 0. The number of amidine groups is 1. The molecule has 38 heavy (non-hydrogen) atoms. The molecule has 186 valence electrons. The van der Waals surface area contributed by atoms with Crippen LogP contribution in [0.3, 0.4) is 0 Å². The third-order valence-corrected chi connectivity index (χ3v) is 8.39. The van der Waals surface area contributed by atoms with Crippen LogP contribution in [0, 0.1) is 10.1 Å². The monoisotopic (exact) mass is 536 g/mol. The zero-order valence-corrected chi connectivity index (χ0v) is 21.8. The van der Waals surface area contributed by atoms with Crippen molar-refractivity contribution in [2.75, 3.05) is 16.8 Å². The van der Waals surface area contributed by atoms with Crippen LogP contribution in [0.2, 0.25) is 0 Å².